The van der Waals surface area contributed by atoms with E-state index in [9.17, 15) is 14.6 Å². The Morgan fingerprint density at radius 2 is 2.00 bits per heavy atom. The molecule has 0 unspecified atom stereocenters. The van der Waals surface area contributed by atoms with Crippen molar-refractivity contribution in [3.8, 4) is 0 Å². The molecule has 4 heteroatoms. The Balaban J connectivity index is 2.89. The number of hydrogen-bond donors (Lipinski definition) is 2. The first-order valence-electron chi connectivity index (χ1n) is 5.74. The van der Waals surface area contributed by atoms with Crippen molar-refractivity contribution in [1.29, 1.82) is 0 Å². The highest BCUT2D eigenvalue weighted by Gasteiger charge is 2.31. The van der Waals surface area contributed by atoms with Crippen LogP contribution >= 0.6 is 0 Å². The van der Waals surface area contributed by atoms with E-state index in [1.54, 1.807) is 12.1 Å². The van der Waals surface area contributed by atoms with E-state index in [4.69, 9.17) is 4.74 Å². The van der Waals surface area contributed by atoms with Gasteiger partial charge >= 0.3 is 0 Å². The van der Waals surface area contributed by atoms with Gasteiger partial charge in [-0.25, -0.2) is 4.39 Å². The monoisotopic (exact) mass is 242 g/mol. The van der Waals surface area contributed by atoms with Crippen LogP contribution in [0.2, 0.25) is 0 Å². The van der Waals surface area contributed by atoms with Crippen LogP contribution in [0.5, 0.6) is 0 Å². The lowest BCUT2D eigenvalue weighted by atomic mass is 9.79. The molecule has 0 aromatic heterocycles. The topological polar surface area (TPSA) is 49.7 Å². The van der Waals surface area contributed by atoms with Crippen molar-refractivity contribution in [2.45, 2.75) is 18.8 Å². The van der Waals surface area contributed by atoms with Gasteiger partial charge in [-0.2, -0.15) is 0 Å². The maximum Gasteiger partial charge on any atom is 0.123 e. The molecule has 0 heterocycles. The minimum atomic E-state index is -0.836. The van der Waals surface area contributed by atoms with Crippen molar-refractivity contribution in [3.05, 3.63) is 35.6 Å². The van der Waals surface area contributed by atoms with Crippen LogP contribution in [-0.4, -0.2) is 36.6 Å². The third-order valence-electron chi connectivity index (χ3n) is 2.97. The molecule has 1 aromatic rings. The molecule has 96 valence electrons. The molecular formula is C13H19FO3. The predicted molar refractivity (Wildman–Crippen MR) is 63.4 cm³/mol. The number of halogens is 1. The van der Waals surface area contributed by atoms with E-state index in [0.29, 0.717) is 25.2 Å². The molecule has 0 radical (unpaired) electrons. The fraction of sp³-hybridized carbons (Fsp3) is 0.538. The Morgan fingerprint density at radius 1 is 1.29 bits per heavy atom. The number of aliphatic hydroxyl groups excluding tert-OH is 2. The Hall–Kier alpha value is -0.970. The Morgan fingerprint density at radius 3 is 2.53 bits per heavy atom. The van der Waals surface area contributed by atoms with Crippen molar-refractivity contribution in [1.82, 2.24) is 0 Å². The summed E-state index contributed by atoms with van der Waals surface area (Å²) in [6.07, 6.45) is 0.456. The zero-order valence-corrected chi connectivity index (χ0v) is 10.0. The minimum Gasteiger partial charge on any atom is -0.395 e. The summed E-state index contributed by atoms with van der Waals surface area (Å²) in [7, 11) is 0. The Labute approximate surface area is 101 Å². The molecule has 17 heavy (non-hydrogen) atoms. The Kier molecular flexibility index (Phi) is 5.55. The normalized spacial score (nSPS) is 11.8. The van der Waals surface area contributed by atoms with E-state index in [2.05, 4.69) is 0 Å². The van der Waals surface area contributed by atoms with Gasteiger partial charge in [0.1, 0.15) is 5.82 Å². The highest BCUT2D eigenvalue weighted by atomic mass is 19.1. The van der Waals surface area contributed by atoms with Gasteiger partial charge in [-0.1, -0.05) is 12.1 Å². The third kappa shape index (κ3) is 3.49. The highest BCUT2D eigenvalue weighted by Crippen LogP contribution is 2.27. The van der Waals surface area contributed by atoms with Crippen LogP contribution in [-0.2, 0) is 10.2 Å². The van der Waals surface area contributed by atoms with E-state index in [1.807, 2.05) is 6.92 Å². The quantitative estimate of drug-likeness (QED) is 0.712. The average Bonchev–Trinajstić information content (AvgIpc) is 2.35. The van der Waals surface area contributed by atoms with Gasteiger partial charge in [0.2, 0.25) is 0 Å². The van der Waals surface area contributed by atoms with Crippen LogP contribution in [0.25, 0.3) is 0 Å². The van der Waals surface area contributed by atoms with Gasteiger partial charge in [-0.15, -0.1) is 0 Å². The Bertz CT molecular complexity index is 337. The van der Waals surface area contributed by atoms with Crippen LogP contribution in [0.3, 0.4) is 0 Å². The van der Waals surface area contributed by atoms with Gasteiger partial charge < -0.3 is 14.9 Å². The van der Waals surface area contributed by atoms with E-state index >= 15 is 0 Å². The number of rotatable bonds is 7. The zero-order chi connectivity index (χ0) is 12.7. The first kappa shape index (κ1) is 14.1. The van der Waals surface area contributed by atoms with Crippen LogP contribution in [0, 0.1) is 5.82 Å². The molecule has 0 saturated carbocycles. The SMILES string of the molecule is CCOCCC(CO)(CO)c1cccc(F)c1. The van der Waals surface area contributed by atoms with Gasteiger partial charge in [0.15, 0.2) is 0 Å². The maximum absolute atomic E-state index is 13.2. The molecule has 0 fully saturated rings. The summed E-state index contributed by atoms with van der Waals surface area (Å²) in [6, 6.07) is 5.97. The molecule has 0 spiro atoms. The predicted octanol–water partition coefficient (Wildman–Crippen LogP) is 1.47. The van der Waals surface area contributed by atoms with Crippen LogP contribution in [0.15, 0.2) is 24.3 Å². The summed E-state index contributed by atoms with van der Waals surface area (Å²) < 4.78 is 18.4. The van der Waals surface area contributed by atoms with Crippen molar-refractivity contribution >= 4 is 0 Å². The number of hydrogen-bond acceptors (Lipinski definition) is 3. The second-order valence-electron chi connectivity index (χ2n) is 4.05. The second kappa shape index (κ2) is 6.69. The molecule has 3 nitrogen and oxygen atoms in total. The van der Waals surface area contributed by atoms with E-state index in [0.717, 1.165) is 0 Å². The third-order valence-corrected chi connectivity index (χ3v) is 2.97. The largest absolute Gasteiger partial charge is 0.395 e. The fourth-order valence-corrected chi connectivity index (χ4v) is 1.77. The van der Waals surface area contributed by atoms with Crippen molar-refractivity contribution < 1.29 is 19.3 Å². The van der Waals surface area contributed by atoms with Gasteiger partial charge in [0.25, 0.3) is 0 Å². The summed E-state index contributed by atoms with van der Waals surface area (Å²) in [6.45, 7) is 2.41. The lowest BCUT2D eigenvalue weighted by Gasteiger charge is -2.30. The fourth-order valence-electron chi connectivity index (χ4n) is 1.77. The first-order chi connectivity index (χ1) is 8.18. The number of benzene rings is 1. The van der Waals surface area contributed by atoms with Gasteiger partial charge in [0, 0.05) is 18.6 Å². The summed E-state index contributed by atoms with van der Waals surface area (Å²) in [5.41, 5.74) is -0.237. The molecule has 0 saturated heterocycles. The van der Waals surface area contributed by atoms with Crippen LogP contribution in [0.1, 0.15) is 18.9 Å². The second-order valence-corrected chi connectivity index (χ2v) is 4.05. The molecule has 2 N–H and O–H groups in total. The molecule has 1 rings (SSSR count). The van der Waals surface area contributed by atoms with E-state index in [1.165, 1.54) is 12.1 Å². The first-order valence-corrected chi connectivity index (χ1v) is 5.74. The molecule has 1 aromatic carbocycles. The van der Waals surface area contributed by atoms with E-state index < -0.39 is 5.41 Å². The number of ether oxygens (including phenoxy) is 1. The summed E-state index contributed by atoms with van der Waals surface area (Å²) >= 11 is 0. The lowest BCUT2D eigenvalue weighted by Crippen LogP contribution is -2.36. The molecule has 0 aliphatic rings. The van der Waals surface area contributed by atoms with Crippen LogP contribution in [0.4, 0.5) is 4.39 Å². The average molecular weight is 242 g/mol. The van der Waals surface area contributed by atoms with Gasteiger partial charge in [-0.3, -0.25) is 0 Å². The van der Waals surface area contributed by atoms with Crippen LogP contribution < -0.4 is 0 Å². The summed E-state index contributed by atoms with van der Waals surface area (Å²) in [5, 5.41) is 19.0. The summed E-state index contributed by atoms with van der Waals surface area (Å²) in [5.74, 6) is -0.370. The molecule has 0 bridgehead atoms. The van der Waals surface area contributed by atoms with Crippen molar-refractivity contribution in [2.75, 3.05) is 26.4 Å². The molecule has 0 aliphatic carbocycles. The molecule has 0 atom stereocenters. The highest BCUT2D eigenvalue weighted by molar-refractivity contribution is 5.26. The lowest BCUT2D eigenvalue weighted by molar-refractivity contribution is 0.0665. The molecule has 0 amide bonds. The molecular weight excluding hydrogens is 223 g/mol. The van der Waals surface area contributed by atoms with Gasteiger partial charge in [0.05, 0.1) is 13.2 Å². The summed E-state index contributed by atoms with van der Waals surface area (Å²) in [4.78, 5) is 0. The molecule has 0 aliphatic heterocycles. The van der Waals surface area contributed by atoms with Crippen molar-refractivity contribution in [2.24, 2.45) is 0 Å². The minimum absolute atomic E-state index is 0.236. The smallest absolute Gasteiger partial charge is 0.123 e. The van der Waals surface area contributed by atoms with E-state index in [-0.39, 0.29) is 19.0 Å². The standard InChI is InChI=1S/C13H19FO3/c1-2-17-7-6-13(9-15,10-16)11-4-3-5-12(14)8-11/h3-5,8,15-16H,2,6-7,9-10H2,1H3. The maximum atomic E-state index is 13.2. The number of aliphatic hydroxyl groups is 2. The van der Waals surface area contributed by atoms with Crippen molar-refractivity contribution in [3.63, 3.8) is 0 Å². The zero-order valence-electron chi connectivity index (χ0n) is 10.0. The van der Waals surface area contributed by atoms with Gasteiger partial charge in [-0.05, 0) is 31.0 Å².